The minimum absolute atomic E-state index is 0.695. The van der Waals surface area contributed by atoms with Gasteiger partial charge in [0.15, 0.2) is 0 Å². The van der Waals surface area contributed by atoms with E-state index < -0.39 is 0 Å². The topological polar surface area (TPSA) is 15.3 Å². The fraction of sp³-hybridized carbons (Fsp3) is 0.625. The Morgan fingerprint density at radius 1 is 1.32 bits per heavy atom. The molecule has 1 aliphatic heterocycles. The highest BCUT2D eigenvalue weighted by atomic mass is 32.2. The lowest BCUT2D eigenvalue weighted by Crippen LogP contribution is -2.45. The maximum absolute atomic E-state index is 3.41. The van der Waals surface area contributed by atoms with E-state index in [1.165, 1.54) is 54.3 Å². The summed E-state index contributed by atoms with van der Waals surface area (Å²) in [5, 5.41) is 3.41. The molecular weight excluding hydrogens is 252 g/mol. The lowest BCUT2D eigenvalue weighted by atomic mass is 10.1. The zero-order valence-electron chi connectivity index (χ0n) is 12.4. The van der Waals surface area contributed by atoms with E-state index in [4.69, 9.17) is 0 Å². The average molecular weight is 278 g/mol. The highest BCUT2D eigenvalue weighted by Gasteiger charge is 2.17. The zero-order chi connectivity index (χ0) is 13.7. The number of likely N-dealkylation sites (N-methyl/N-ethyl adjacent to an activating group) is 1. The summed E-state index contributed by atoms with van der Waals surface area (Å²) in [5.74, 6) is 1.19. The first kappa shape index (κ1) is 14.9. The van der Waals surface area contributed by atoms with Crippen molar-refractivity contribution in [1.82, 2.24) is 10.2 Å². The summed E-state index contributed by atoms with van der Waals surface area (Å²) in [4.78, 5) is 4.00. The Labute approximate surface area is 122 Å². The third-order valence-corrected chi connectivity index (χ3v) is 5.04. The van der Waals surface area contributed by atoms with Gasteiger partial charge in [-0.1, -0.05) is 6.07 Å². The third kappa shape index (κ3) is 4.51. The Kier molecular flexibility index (Phi) is 5.74. The predicted octanol–water partition coefficient (Wildman–Crippen LogP) is 3.08. The number of nitrogens with zero attached hydrogens (tertiary/aromatic N) is 1. The van der Waals surface area contributed by atoms with Crippen LogP contribution in [-0.2, 0) is 0 Å². The maximum atomic E-state index is 3.41. The fourth-order valence-electron chi connectivity index (χ4n) is 2.59. The summed E-state index contributed by atoms with van der Waals surface area (Å²) < 4.78 is 0. The second-order valence-corrected chi connectivity index (χ2v) is 6.69. The number of nitrogens with one attached hydrogen (secondary N) is 1. The van der Waals surface area contributed by atoms with Gasteiger partial charge < -0.3 is 10.2 Å². The van der Waals surface area contributed by atoms with Crippen LogP contribution in [0.1, 0.15) is 24.0 Å². The maximum Gasteiger partial charge on any atom is 0.0192 e. The van der Waals surface area contributed by atoms with Gasteiger partial charge in [-0.25, -0.2) is 0 Å². The Balaban J connectivity index is 1.75. The first-order valence-corrected chi connectivity index (χ1v) is 8.27. The number of rotatable bonds is 5. The Morgan fingerprint density at radius 2 is 2.16 bits per heavy atom. The van der Waals surface area contributed by atoms with Crippen LogP contribution in [0, 0.1) is 13.8 Å². The minimum atomic E-state index is 0.695. The van der Waals surface area contributed by atoms with Gasteiger partial charge in [0.05, 0.1) is 0 Å². The molecule has 106 valence electrons. The molecule has 2 nitrogen and oxygen atoms in total. The van der Waals surface area contributed by atoms with Crippen molar-refractivity contribution in [3.05, 3.63) is 29.3 Å². The van der Waals surface area contributed by atoms with E-state index in [9.17, 15) is 0 Å². The van der Waals surface area contributed by atoms with Gasteiger partial charge in [-0.05, 0) is 63.5 Å². The summed E-state index contributed by atoms with van der Waals surface area (Å²) in [6.07, 6.45) is 2.66. The first-order valence-electron chi connectivity index (χ1n) is 7.28. The number of hydrogen-bond acceptors (Lipinski definition) is 3. The molecule has 1 aromatic rings. The van der Waals surface area contributed by atoms with Crippen LogP contribution in [0.25, 0.3) is 0 Å². The normalized spacial score (nSPS) is 20.7. The van der Waals surface area contributed by atoms with Crippen LogP contribution >= 0.6 is 11.8 Å². The van der Waals surface area contributed by atoms with Crippen LogP contribution in [0.3, 0.4) is 0 Å². The van der Waals surface area contributed by atoms with E-state index >= 15 is 0 Å². The summed E-state index contributed by atoms with van der Waals surface area (Å²) in [6, 6.07) is 7.49. The molecular formula is C16H26N2S. The van der Waals surface area contributed by atoms with Gasteiger partial charge >= 0.3 is 0 Å². The number of benzene rings is 1. The van der Waals surface area contributed by atoms with Crippen LogP contribution in [0.2, 0.25) is 0 Å². The number of hydrogen-bond donors (Lipinski definition) is 1. The molecule has 0 aromatic heterocycles. The van der Waals surface area contributed by atoms with Crippen LogP contribution in [0.15, 0.2) is 23.1 Å². The van der Waals surface area contributed by atoms with E-state index in [-0.39, 0.29) is 0 Å². The number of thioether (sulfide) groups is 1. The average Bonchev–Trinajstić information content (AvgIpc) is 2.43. The molecule has 0 aliphatic carbocycles. The molecule has 3 heteroatoms. The lowest BCUT2D eigenvalue weighted by Gasteiger charge is -2.32. The molecule has 2 rings (SSSR count). The SMILES string of the molecule is CNC1CCCN(CCSc2ccc(C)c(C)c2)C1. The van der Waals surface area contributed by atoms with Crippen molar-refractivity contribution in [2.45, 2.75) is 37.6 Å². The summed E-state index contributed by atoms with van der Waals surface area (Å²) in [7, 11) is 2.08. The van der Waals surface area contributed by atoms with E-state index in [1.807, 2.05) is 11.8 Å². The van der Waals surface area contributed by atoms with Crippen LogP contribution in [0.5, 0.6) is 0 Å². The summed E-state index contributed by atoms with van der Waals surface area (Å²) >= 11 is 1.98. The van der Waals surface area contributed by atoms with Crippen molar-refractivity contribution >= 4 is 11.8 Å². The molecule has 1 heterocycles. The molecule has 0 saturated carbocycles. The third-order valence-electron chi connectivity index (χ3n) is 4.07. The molecule has 0 amide bonds. The Hall–Kier alpha value is -0.510. The van der Waals surface area contributed by atoms with Crippen molar-refractivity contribution < 1.29 is 0 Å². The summed E-state index contributed by atoms with van der Waals surface area (Å²) in [5.41, 5.74) is 2.79. The van der Waals surface area contributed by atoms with E-state index in [2.05, 4.69) is 49.3 Å². The predicted molar refractivity (Wildman–Crippen MR) is 85.2 cm³/mol. The molecule has 1 unspecified atom stereocenters. The van der Waals surface area contributed by atoms with Crippen molar-refractivity contribution in [1.29, 1.82) is 0 Å². The molecule has 1 fully saturated rings. The van der Waals surface area contributed by atoms with E-state index in [1.54, 1.807) is 0 Å². The standard InChI is InChI=1S/C16H26N2S/c1-13-6-7-16(11-14(13)2)19-10-9-18-8-4-5-15(12-18)17-3/h6-7,11,15,17H,4-5,8-10,12H2,1-3H3. The van der Waals surface area contributed by atoms with Gasteiger partial charge in [0.2, 0.25) is 0 Å². The molecule has 19 heavy (non-hydrogen) atoms. The van der Waals surface area contributed by atoms with Gasteiger partial charge in [-0.2, -0.15) is 0 Å². The quantitative estimate of drug-likeness (QED) is 0.833. The summed E-state index contributed by atoms with van der Waals surface area (Å²) in [6.45, 7) is 8.06. The zero-order valence-corrected chi connectivity index (χ0v) is 13.2. The van der Waals surface area contributed by atoms with E-state index in [0.717, 1.165) is 0 Å². The first-order chi connectivity index (χ1) is 9.19. The highest BCUT2D eigenvalue weighted by molar-refractivity contribution is 7.99. The molecule has 1 aromatic carbocycles. The molecule has 1 atom stereocenters. The number of piperidine rings is 1. The number of likely N-dealkylation sites (tertiary alicyclic amines) is 1. The fourth-order valence-corrected chi connectivity index (χ4v) is 3.60. The van der Waals surface area contributed by atoms with Crippen LogP contribution in [0.4, 0.5) is 0 Å². The van der Waals surface area contributed by atoms with Gasteiger partial charge in [0.25, 0.3) is 0 Å². The smallest absolute Gasteiger partial charge is 0.0192 e. The van der Waals surface area contributed by atoms with Gasteiger partial charge in [-0.15, -0.1) is 11.8 Å². The highest BCUT2D eigenvalue weighted by Crippen LogP contribution is 2.21. The van der Waals surface area contributed by atoms with Crippen LogP contribution < -0.4 is 5.32 Å². The molecule has 1 aliphatic rings. The molecule has 0 spiro atoms. The van der Waals surface area contributed by atoms with Gasteiger partial charge in [0, 0.05) is 29.8 Å². The second-order valence-electron chi connectivity index (χ2n) is 5.52. The van der Waals surface area contributed by atoms with E-state index in [0.29, 0.717) is 6.04 Å². The molecule has 1 saturated heterocycles. The second kappa shape index (κ2) is 7.32. The largest absolute Gasteiger partial charge is 0.316 e. The number of aryl methyl sites for hydroxylation is 2. The Morgan fingerprint density at radius 3 is 2.89 bits per heavy atom. The van der Waals surface area contributed by atoms with Crippen molar-refractivity contribution in [2.24, 2.45) is 0 Å². The van der Waals surface area contributed by atoms with Gasteiger partial charge in [0.1, 0.15) is 0 Å². The molecule has 1 N–H and O–H groups in total. The lowest BCUT2D eigenvalue weighted by molar-refractivity contribution is 0.206. The Bertz CT molecular complexity index is 406. The van der Waals surface area contributed by atoms with Crippen LogP contribution in [-0.4, -0.2) is 43.4 Å². The van der Waals surface area contributed by atoms with Crippen molar-refractivity contribution in [2.75, 3.05) is 32.4 Å². The molecule has 0 bridgehead atoms. The minimum Gasteiger partial charge on any atom is -0.316 e. The molecule has 0 radical (unpaired) electrons. The van der Waals surface area contributed by atoms with Crippen molar-refractivity contribution in [3.63, 3.8) is 0 Å². The van der Waals surface area contributed by atoms with Crippen molar-refractivity contribution in [3.8, 4) is 0 Å². The van der Waals surface area contributed by atoms with Gasteiger partial charge in [-0.3, -0.25) is 0 Å². The monoisotopic (exact) mass is 278 g/mol.